The van der Waals surface area contributed by atoms with Crippen molar-refractivity contribution in [1.82, 2.24) is 0 Å². The molecule has 1 atom stereocenters. The van der Waals surface area contributed by atoms with Crippen LogP contribution in [0.3, 0.4) is 0 Å². The first kappa shape index (κ1) is 12.7. The van der Waals surface area contributed by atoms with Crippen LogP contribution in [0.15, 0.2) is 48.5 Å². The predicted octanol–water partition coefficient (Wildman–Crippen LogP) is 4.27. The first-order chi connectivity index (χ1) is 9.26. The number of para-hydroxylation sites is 1. The van der Waals surface area contributed by atoms with Crippen LogP contribution < -0.4 is 4.74 Å². The van der Waals surface area contributed by atoms with Crippen molar-refractivity contribution >= 4 is 0 Å². The van der Waals surface area contributed by atoms with E-state index in [1.54, 1.807) is 12.1 Å². The van der Waals surface area contributed by atoms with Crippen LogP contribution in [0.2, 0.25) is 0 Å². The Balaban J connectivity index is 2.36. The smallest absolute Gasteiger partial charge is 0.332 e. The van der Waals surface area contributed by atoms with E-state index in [-0.39, 0.29) is 0 Å². The summed E-state index contributed by atoms with van der Waals surface area (Å²) in [6.45, 7) is 8.91. The van der Waals surface area contributed by atoms with Crippen molar-refractivity contribution in [3.63, 3.8) is 0 Å². The number of nitriles is 1. The van der Waals surface area contributed by atoms with Gasteiger partial charge in [0.05, 0.1) is 5.56 Å². The lowest BCUT2D eigenvalue weighted by Gasteiger charge is -2.11. The molecule has 2 aromatic rings. The third-order valence-corrected chi connectivity index (χ3v) is 2.84. The second-order valence-electron chi connectivity index (χ2n) is 4.05. The van der Waals surface area contributed by atoms with Gasteiger partial charge in [-0.2, -0.15) is 5.26 Å². The van der Waals surface area contributed by atoms with Gasteiger partial charge in [0.2, 0.25) is 0 Å². The third-order valence-electron chi connectivity index (χ3n) is 2.84. The quantitative estimate of drug-likeness (QED) is 0.760. The van der Waals surface area contributed by atoms with Crippen LogP contribution in [0, 0.1) is 24.8 Å². The minimum atomic E-state index is -0.778. The van der Waals surface area contributed by atoms with Gasteiger partial charge in [0.25, 0.3) is 0 Å². The maximum Gasteiger partial charge on any atom is 0.332 e. The van der Waals surface area contributed by atoms with Gasteiger partial charge in [-0.05, 0) is 31.2 Å². The topological polar surface area (TPSA) is 37.4 Å². The summed E-state index contributed by atoms with van der Waals surface area (Å²) in [5, 5.41) is 8.98. The number of nitrogens with zero attached hydrogens (tertiary/aromatic N) is 2. The van der Waals surface area contributed by atoms with Crippen molar-refractivity contribution in [2.45, 2.75) is 13.0 Å². The molecule has 0 aliphatic carbocycles. The number of hydrogen-bond donors (Lipinski definition) is 0. The minimum Gasteiger partial charge on any atom is -0.457 e. The first-order valence-electron chi connectivity index (χ1n) is 5.85. The summed E-state index contributed by atoms with van der Waals surface area (Å²) in [6, 6.07) is 16.1. The molecule has 1 unspecified atom stereocenters. The molecule has 0 radical (unpaired) electrons. The molecule has 2 aromatic carbocycles. The average molecular weight is 248 g/mol. The van der Waals surface area contributed by atoms with E-state index in [2.05, 4.69) is 4.85 Å². The zero-order chi connectivity index (χ0) is 13.7. The SMILES string of the molecule is [C-]#[N+]C(C#N)c1cccc(Oc2ccccc2)c1C. The number of hydrogen-bond acceptors (Lipinski definition) is 2. The minimum absolute atomic E-state index is 0.674. The Morgan fingerprint density at radius 1 is 1.16 bits per heavy atom. The summed E-state index contributed by atoms with van der Waals surface area (Å²) in [6.07, 6.45) is 0. The van der Waals surface area contributed by atoms with Gasteiger partial charge < -0.3 is 4.74 Å². The van der Waals surface area contributed by atoms with Crippen molar-refractivity contribution < 1.29 is 4.74 Å². The van der Waals surface area contributed by atoms with Crippen molar-refractivity contribution in [3.05, 3.63) is 71.1 Å². The lowest BCUT2D eigenvalue weighted by molar-refractivity contribution is 0.478. The Bertz CT molecular complexity index is 637. The van der Waals surface area contributed by atoms with E-state index < -0.39 is 6.04 Å². The van der Waals surface area contributed by atoms with Crippen LogP contribution in [0.1, 0.15) is 17.2 Å². The molecule has 0 spiro atoms. The lowest BCUT2D eigenvalue weighted by atomic mass is 10.0. The Labute approximate surface area is 112 Å². The van der Waals surface area contributed by atoms with Gasteiger partial charge >= 0.3 is 6.04 Å². The van der Waals surface area contributed by atoms with Crippen molar-refractivity contribution in [1.29, 1.82) is 5.26 Å². The molecule has 0 bridgehead atoms. The number of rotatable bonds is 3. The summed E-state index contributed by atoms with van der Waals surface area (Å²) in [5.74, 6) is 1.41. The van der Waals surface area contributed by atoms with Crippen molar-refractivity contribution in [2.75, 3.05) is 0 Å². The maximum atomic E-state index is 8.98. The summed E-state index contributed by atoms with van der Waals surface area (Å²) in [5.41, 5.74) is 1.53. The molecule has 0 heterocycles. The highest BCUT2D eigenvalue weighted by Gasteiger charge is 2.19. The van der Waals surface area contributed by atoms with E-state index >= 15 is 0 Å². The molecule has 0 amide bonds. The Kier molecular flexibility index (Phi) is 3.81. The maximum absolute atomic E-state index is 8.98. The second-order valence-corrected chi connectivity index (χ2v) is 4.05. The van der Waals surface area contributed by atoms with E-state index in [4.69, 9.17) is 16.6 Å². The molecule has 0 aromatic heterocycles. The molecule has 0 aliphatic rings. The number of benzene rings is 2. The van der Waals surface area contributed by atoms with Crippen molar-refractivity contribution in [2.24, 2.45) is 0 Å². The van der Waals surface area contributed by atoms with E-state index in [9.17, 15) is 0 Å². The second kappa shape index (κ2) is 5.71. The van der Waals surface area contributed by atoms with E-state index in [1.165, 1.54) is 0 Å². The highest BCUT2D eigenvalue weighted by molar-refractivity contribution is 5.45. The molecule has 19 heavy (non-hydrogen) atoms. The zero-order valence-electron chi connectivity index (χ0n) is 10.5. The molecule has 0 fully saturated rings. The Morgan fingerprint density at radius 3 is 2.53 bits per heavy atom. The standard InChI is InChI=1S/C16H12N2O/c1-12-14(15(11-17)18-2)9-6-10-16(12)19-13-7-4-3-5-8-13/h3-10,15H,1H3. The van der Waals surface area contributed by atoms with E-state index in [0.717, 1.165) is 11.3 Å². The molecular formula is C16H12N2O. The molecular weight excluding hydrogens is 236 g/mol. The molecule has 2 rings (SSSR count). The largest absolute Gasteiger partial charge is 0.457 e. The molecule has 92 valence electrons. The van der Waals surface area contributed by atoms with Crippen LogP contribution in [-0.2, 0) is 0 Å². The van der Waals surface area contributed by atoms with Crippen LogP contribution in [0.5, 0.6) is 11.5 Å². The monoisotopic (exact) mass is 248 g/mol. The van der Waals surface area contributed by atoms with Crippen LogP contribution in [0.4, 0.5) is 0 Å². The fourth-order valence-electron chi connectivity index (χ4n) is 1.82. The van der Waals surface area contributed by atoms with Crippen molar-refractivity contribution in [3.8, 4) is 17.6 Å². The Morgan fingerprint density at radius 2 is 1.89 bits per heavy atom. The zero-order valence-corrected chi connectivity index (χ0v) is 10.5. The normalized spacial score (nSPS) is 11.1. The van der Waals surface area contributed by atoms with Gasteiger partial charge in [-0.1, -0.05) is 24.3 Å². The average Bonchev–Trinajstić information content (AvgIpc) is 2.45. The van der Waals surface area contributed by atoms with Crippen LogP contribution in [-0.4, -0.2) is 0 Å². The Hall–Kier alpha value is -2.78. The fourth-order valence-corrected chi connectivity index (χ4v) is 1.82. The van der Waals surface area contributed by atoms with Gasteiger partial charge in [0.15, 0.2) is 6.07 Å². The highest BCUT2D eigenvalue weighted by atomic mass is 16.5. The van der Waals surface area contributed by atoms with E-state index in [0.29, 0.717) is 11.3 Å². The first-order valence-corrected chi connectivity index (χ1v) is 5.85. The number of ether oxygens (including phenoxy) is 1. The molecule has 0 N–H and O–H groups in total. The molecule has 3 heteroatoms. The summed E-state index contributed by atoms with van der Waals surface area (Å²) < 4.78 is 5.78. The lowest BCUT2D eigenvalue weighted by Crippen LogP contribution is -1.96. The molecule has 0 saturated heterocycles. The molecule has 3 nitrogen and oxygen atoms in total. The van der Waals surface area contributed by atoms with Crippen LogP contribution in [0.25, 0.3) is 4.85 Å². The van der Waals surface area contributed by atoms with E-state index in [1.807, 2.05) is 49.4 Å². The van der Waals surface area contributed by atoms with Gasteiger partial charge in [-0.25, -0.2) is 6.57 Å². The van der Waals surface area contributed by atoms with Crippen LogP contribution >= 0.6 is 0 Å². The predicted molar refractivity (Wildman–Crippen MR) is 72.7 cm³/mol. The summed E-state index contributed by atoms with van der Waals surface area (Å²) >= 11 is 0. The van der Waals surface area contributed by atoms with Gasteiger partial charge in [0, 0.05) is 5.56 Å². The fraction of sp³-hybridized carbons (Fsp3) is 0.125. The molecule has 0 aliphatic heterocycles. The summed E-state index contributed by atoms with van der Waals surface area (Å²) in [4.78, 5) is 3.32. The third kappa shape index (κ3) is 2.73. The van der Waals surface area contributed by atoms with Gasteiger partial charge in [0.1, 0.15) is 11.5 Å². The van der Waals surface area contributed by atoms with Gasteiger partial charge in [-0.3, -0.25) is 4.85 Å². The van der Waals surface area contributed by atoms with Gasteiger partial charge in [-0.15, -0.1) is 0 Å². The highest BCUT2D eigenvalue weighted by Crippen LogP contribution is 2.30. The summed E-state index contributed by atoms with van der Waals surface area (Å²) in [7, 11) is 0. The molecule has 0 saturated carbocycles.